The number of nitrogens with zero attached hydrogens (tertiary/aromatic N) is 1. The second kappa shape index (κ2) is 7.51. The summed E-state index contributed by atoms with van der Waals surface area (Å²) in [6, 6.07) is -0.508. The number of carboxylic acids is 1. The Morgan fingerprint density at radius 3 is 2.67 bits per heavy atom. The first kappa shape index (κ1) is 17.6. The van der Waals surface area contributed by atoms with Gasteiger partial charge in [0.05, 0.1) is 6.42 Å². The number of halogens is 3. The van der Waals surface area contributed by atoms with Crippen LogP contribution >= 0.6 is 0 Å². The number of hydrogen-bond acceptors (Lipinski definition) is 2. The molecule has 2 amide bonds. The van der Waals surface area contributed by atoms with Gasteiger partial charge in [0.15, 0.2) is 0 Å². The topological polar surface area (TPSA) is 69.6 Å². The van der Waals surface area contributed by atoms with Crippen LogP contribution in [0.3, 0.4) is 0 Å². The molecule has 0 aliphatic carbocycles. The van der Waals surface area contributed by atoms with Gasteiger partial charge in [0.2, 0.25) is 0 Å². The number of nitrogens with one attached hydrogen (secondary N) is 1. The average Bonchev–Trinajstić information content (AvgIpc) is 2.36. The molecule has 0 aromatic heterocycles. The molecule has 5 nitrogen and oxygen atoms in total. The predicted octanol–water partition coefficient (Wildman–Crippen LogP) is 2.47. The smallest absolute Gasteiger partial charge is 0.390 e. The lowest BCUT2D eigenvalue weighted by molar-refractivity contribution is -0.138. The first-order chi connectivity index (χ1) is 9.69. The fourth-order valence-electron chi connectivity index (χ4n) is 2.52. The number of amides is 2. The van der Waals surface area contributed by atoms with E-state index in [1.165, 1.54) is 4.90 Å². The quantitative estimate of drug-likeness (QED) is 0.819. The van der Waals surface area contributed by atoms with E-state index in [1.807, 2.05) is 6.92 Å². The van der Waals surface area contributed by atoms with E-state index in [-0.39, 0.29) is 18.3 Å². The highest BCUT2D eigenvalue weighted by Crippen LogP contribution is 2.26. The number of likely N-dealkylation sites (tertiary alicyclic amines) is 1. The summed E-state index contributed by atoms with van der Waals surface area (Å²) < 4.78 is 36.1. The minimum absolute atomic E-state index is 0.0359. The summed E-state index contributed by atoms with van der Waals surface area (Å²) in [4.78, 5) is 24.0. The van der Waals surface area contributed by atoms with E-state index in [4.69, 9.17) is 5.11 Å². The van der Waals surface area contributed by atoms with E-state index in [0.29, 0.717) is 13.1 Å². The predicted molar refractivity (Wildman–Crippen MR) is 69.8 cm³/mol. The molecule has 2 unspecified atom stereocenters. The van der Waals surface area contributed by atoms with Gasteiger partial charge in [0.1, 0.15) is 0 Å². The van der Waals surface area contributed by atoms with E-state index in [9.17, 15) is 22.8 Å². The van der Waals surface area contributed by atoms with Gasteiger partial charge < -0.3 is 15.3 Å². The van der Waals surface area contributed by atoms with Gasteiger partial charge in [-0.1, -0.05) is 6.92 Å². The summed E-state index contributed by atoms with van der Waals surface area (Å²) >= 11 is 0. The van der Waals surface area contributed by atoms with Crippen molar-refractivity contribution in [1.82, 2.24) is 10.2 Å². The Hall–Kier alpha value is -1.47. The van der Waals surface area contributed by atoms with E-state index < -0.39 is 31.1 Å². The zero-order chi connectivity index (χ0) is 16.0. The number of rotatable bonds is 5. The molecule has 122 valence electrons. The summed E-state index contributed by atoms with van der Waals surface area (Å²) in [5.74, 6) is -0.870. The van der Waals surface area contributed by atoms with Crippen LogP contribution < -0.4 is 5.32 Å². The summed E-state index contributed by atoms with van der Waals surface area (Å²) in [6.45, 7) is 2.28. The van der Waals surface area contributed by atoms with Crippen LogP contribution in [-0.2, 0) is 4.79 Å². The Morgan fingerprint density at radius 2 is 2.10 bits per heavy atom. The normalized spacial score (nSPS) is 21.0. The van der Waals surface area contributed by atoms with Crippen LogP contribution in [0.25, 0.3) is 0 Å². The molecule has 1 rings (SSSR count). The number of hydrogen-bond donors (Lipinski definition) is 2. The Kier molecular flexibility index (Phi) is 6.29. The van der Waals surface area contributed by atoms with Crippen LogP contribution in [0.1, 0.15) is 32.6 Å². The third-order valence-corrected chi connectivity index (χ3v) is 3.73. The Morgan fingerprint density at radius 1 is 1.43 bits per heavy atom. The van der Waals surface area contributed by atoms with Gasteiger partial charge in [-0.15, -0.1) is 0 Å². The Balaban J connectivity index is 2.41. The molecule has 0 spiro atoms. The van der Waals surface area contributed by atoms with Crippen molar-refractivity contribution in [3.63, 3.8) is 0 Å². The highest BCUT2D eigenvalue weighted by atomic mass is 19.4. The van der Waals surface area contributed by atoms with Crippen LogP contribution in [0.5, 0.6) is 0 Å². The molecule has 1 heterocycles. The molecular weight excluding hydrogens is 289 g/mol. The summed E-state index contributed by atoms with van der Waals surface area (Å²) in [5.41, 5.74) is 0. The lowest BCUT2D eigenvalue weighted by atomic mass is 9.85. The van der Waals surface area contributed by atoms with Crippen molar-refractivity contribution in [2.45, 2.75) is 38.8 Å². The minimum Gasteiger partial charge on any atom is -0.481 e. The highest BCUT2D eigenvalue weighted by molar-refractivity contribution is 5.74. The van der Waals surface area contributed by atoms with Crippen molar-refractivity contribution in [3.05, 3.63) is 0 Å². The molecule has 21 heavy (non-hydrogen) atoms. The molecule has 1 aliphatic rings. The molecule has 0 radical (unpaired) electrons. The van der Waals surface area contributed by atoms with Gasteiger partial charge in [-0.05, 0) is 24.7 Å². The molecule has 1 aliphatic heterocycles. The number of carbonyl (C=O) groups excluding carboxylic acids is 1. The first-order valence-corrected chi connectivity index (χ1v) is 7.00. The molecule has 2 atom stereocenters. The lowest BCUT2D eigenvalue weighted by Gasteiger charge is -2.35. The third kappa shape index (κ3) is 6.68. The molecule has 2 N–H and O–H groups in total. The molecule has 0 aromatic rings. The van der Waals surface area contributed by atoms with Crippen molar-refractivity contribution in [2.75, 3.05) is 19.6 Å². The van der Waals surface area contributed by atoms with E-state index in [2.05, 4.69) is 5.32 Å². The molecule has 1 saturated heterocycles. The second-order valence-electron chi connectivity index (χ2n) is 5.52. The maximum atomic E-state index is 12.0. The Labute approximate surface area is 121 Å². The summed E-state index contributed by atoms with van der Waals surface area (Å²) in [5, 5.41) is 11.0. The number of aliphatic carboxylic acids is 1. The number of carboxylic acid groups (broad SMARTS) is 1. The van der Waals surface area contributed by atoms with Crippen molar-refractivity contribution >= 4 is 12.0 Å². The monoisotopic (exact) mass is 310 g/mol. The number of carbonyl (C=O) groups is 2. The second-order valence-corrected chi connectivity index (χ2v) is 5.52. The molecule has 8 heteroatoms. The van der Waals surface area contributed by atoms with E-state index in [1.54, 1.807) is 0 Å². The van der Waals surface area contributed by atoms with E-state index in [0.717, 1.165) is 12.8 Å². The minimum atomic E-state index is -4.28. The summed E-state index contributed by atoms with van der Waals surface area (Å²) in [6.07, 6.45) is -3.73. The van der Waals surface area contributed by atoms with Crippen LogP contribution in [0.15, 0.2) is 0 Å². The molecule has 1 fully saturated rings. The van der Waals surface area contributed by atoms with Gasteiger partial charge >= 0.3 is 18.2 Å². The molecular formula is C13H21F3N2O3. The van der Waals surface area contributed by atoms with Gasteiger partial charge in [0.25, 0.3) is 0 Å². The van der Waals surface area contributed by atoms with Crippen LogP contribution in [0.4, 0.5) is 18.0 Å². The maximum absolute atomic E-state index is 12.0. The SMILES string of the molecule is CC(CC(=O)O)C1CCCN(C(=O)NCCC(F)(F)F)C1. The fraction of sp³-hybridized carbons (Fsp3) is 0.846. The fourth-order valence-corrected chi connectivity index (χ4v) is 2.52. The number of alkyl halides is 3. The molecule has 0 bridgehead atoms. The zero-order valence-corrected chi connectivity index (χ0v) is 11.9. The summed E-state index contributed by atoms with van der Waals surface area (Å²) in [7, 11) is 0. The lowest BCUT2D eigenvalue weighted by Crippen LogP contribution is -2.47. The van der Waals surface area contributed by atoms with Crippen LogP contribution in [0, 0.1) is 11.8 Å². The van der Waals surface area contributed by atoms with Crippen molar-refractivity contribution in [1.29, 1.82) is 0 Å². The van der Waals surface area contributed by atoms with Gasteiger partial charge in [-0.2, -0.15) is 13.2 Å². The largest absolute Gasteiger partial charge is 0.481 e. The standard InChI is InChI=1S/C13H21F3N2O3/c1-9(7-11(19)20)10-3-2-6-18(8-10)12(21)17-5-4-13(14,15)16/h9-10H,2-8H2,1H3,(H,17,21)(H,19,20). The van der Waals surface area contributed by atoms with Gasteiger partial charge in [-0.3, -0.25) is 4.79 Å². The van der Waals surface area contributed by atoms with Gasteiger partial charge in [-0.25, -0.2) is 4.79 Å². The molecule has 0 saturated carbocycles. The first-order valence-electron chi connectivity index (χ1n) is 7.00. The van der Waals surface area contributed by atoms with E-state index >= 15 is 0 Å². The number of urea groups is 1. The zero-order valence-electron chi connectivity index (χ0n) is 11.9. The van der Waals surface area contributed by atoms with Crippen molar-refractivity contribution in [2.24, 2.45) is 11.8 Å². The highest BCUT2D eigenvalue weighted by Gasteiger charge is 2.30. The maximum Gasteiger partial charge on any atom is 0.390 e. The van der Waals surface area contributed by atoms with Gasteiger partial charge in [0, 0.05) is 26.1 Å². The molecule has 0 aromatic carbocycles. The van der Waals surface area contributed by atoms with Crippen LogP contribution in [0.2, 0.25) is 0 Å². The van der Waals surface area contributed by atoms with Crippen LogP contribution in [-0.4, -0.2) is 47.8 Å². The Bertz CT molecular complexity index is 374. The van der Waals surface area contributed by atoms with Crippen molar-refractivity contribution in [3.8, 4) is 0 Å². The van der Waals surface area contributed by atoms with Crippen molar-refractivity contribution < 1.29 is 27.9 Å². The average molecular weight is 310 g/mol. The third-order valence-electron chi connectivity index (χ3n) is 3.73. The number of piperidine rings is 1.